The van der Waals surface area contributed by atoms with Crippen molar-refractivity contribution in [1.82, 2.24) is 10.0 Å². The Balaban J connectivity index is 4.33. The number of methoxy groups -OCH3 is 1. The van der Waals surface area contributed by atoms with E-state index in [-0.39, 0.29) is 11.7 Å². The van der Waals surface area contributed by atoms with Gasteiger partial charge in [0, 0.05) is 13.7 Å². The molecule has 0 aliphatic rings. The third-order valence-electron chi connectivity index (χ3n) is 3.01. The molecule has 0 saturated heterocycles. The van der Waals surface area contributed by atoms with Gasteiger partial charge >= 0.3 is 5.97 Å². The number of carbonyl (C=O) groups excluding carboxylic acids is 1. The van der Waals surface area contributed by atoms with Crippen LogP contribution in [0.3, 0.4) is 0 Å². The molecule has 3 N–H and O–H groups in total. The molecular formula is C12H24N2O6S. The SMILES string of the molecule is CCC(C)C(NC(=O)CNS(=O)(=O)CCCOC)C(=O)O. The molecule has 0 aromatic heterocycles. The first-order valence-electron chi connectivity index (χ1n) is 6.72. The highest BCUT2D eigenvalue weighted by Crippen LogP contribution is 2.07. The van der Waals surface area contributed by atoms with E-state index in [0.717, 1.165) is 0 Å². The first-order chi connectivity index (χ1) is 9.73. The molecule has 0 aliphatic carbocycles. The minimum Gasteiger partial charge on any atom is -0.480 e. The van der Waals surface area contributed by atoms with Crippen molar-refractivity contribution in [2.24, 2.45) is 5.92 Å². The zero-order chi connectivity index (χ0) is 16.5. The summed E-state index contributed by atoms with van der Waals surface area (Å²) in [4.78, 5) is 22.7. The fraction of sp³-hybridized carbons (Fsp3) is 0.833. The lowest BCUT2D eigenvalue weighted by Gasteiger charge is -2.20. The number of rotatable bonds is 11. The quantitative estimate of drug-likeness (QED) is 0.443. The van der Waals surface area contributed by atoms with Crippen molar-refractivity contribution in [2.45, 2.75) is 32.7 Å². The summed E-state index contributed by atoms with van der Waals surface area (Å²) >= 11 is 0. The molecule has 2 atom stereocenters. The van der Waals surface area contributed by atoms with E-state index in [1.54, 1.807) is 6.92 Å². The number of carboxylic acids is 1. The fourth-order valence-electron chi connectivity index (χ4n) is 1.55. The van der Waals surface area contributed by atoms with E-state index in [1.807, 2.05) is 6.92 Å². The predicted molar refractivity (Wildman–Crippen MR) is 77.3 cm³/mol. The van der Waals surface area contributed by atoms with Crippen molar-refractivity contribution in [1.29, 1.82) is 0 Å². The van der Waals surface area contributed by atoms with Crippen LogP contribution >= 0.6 is 0 Å². The molecule has 0 radical (unpaired) electrons. The summed E-state index contributed by atoms with van der Waals surface area (Å²) in [5.41, 5.74) is 0. The Morgan fingerprint density at radius 3 is 2.43 bits per heavy atom. The Bertz CT molecular complexity index is 437. The molecule has 8 nitrogen and oxygen atoms in total. The van der Waals surface area contributed by atoms with Crippen LogP contribution in [0, 0.1) is 5.92 Å². The number of nitrogens with one attached hydrogen (secondary N) is 2. The highest BCUT2D eigenvalue weighted by atomic mass is 32.2. The number of amides is 1. The Morgan fingerprint density at radius 2 is 1.95 bits per heavy atom. The van der Waals surface area contributed by atoms with Gasteiger partial charge in [0.05, 0.1) is 12.3 Å². The lowest BCUT2D eigenvalue weighted by atomic mass is 9.99. The van der Waals surface area contributed by atoms with Gasteiger partial charge in [-0.15, -0.1) is 0 Å². The number of ether oxygens (including phenoxy) is 1. The average Bonchev–Trinajstić information content (AvgIpc) is 2.41. The van der Waals surface area contributed by atoms with Crippen LogP contribution in [0.1, 0.15) is 26.7 Å². The molecule has 0 heterocycles. The van der Waals surface area contributed by atoms with Gasteiger partial charge in [-0.2, -0.15) is 0 Å². The van der Waals surface area contributed by atoms with E-state index >= 15 is 0 Å². The predicted octanol–water partition coefficient (Wildman–Crippen LogP) is -0.442. The third kappa shape index (κ3) is 8.64. The number of carbonyl (C=O) groups is 2. The van der Waals surface area contributed by atoms with E-state index in [4.69, 9.17) is 9.84 Å². The molecule has 0 rings (SSSR count). The summed E-state index contributed by atoms with van der Waals surface area (Å²) in [7, 11) is -2.10. The highest BCUT2D eigenvalue weighted by Gasteiger charge is 2.25. The van der Waals surface area contributed by atoms with Gasteiger partial charge < -0.3 is 15.2 Å². The zero-order valence-corrected chi connectivity index (χ0v) is 13.4. The van der Waals surface area contributed by atoms with Crippen LogP contribution in [-0.2, 0) is 24.3 Å². The van der Waals surface area contributed by atoms with Gasteiger partial charge in [-0.1, -0.05) is 20.3 Å². The van der Waals surface area contributed by atoms with Crippen LogP contribution in [0.2, 0.25) is 0 Å². The second-order valence-corrected chi connectivity index (χ2v) is 6.68. The summed E-state index contributed by atoms with van der Waals surface area (Å²) in [6.07, 6.45) is 0.901. The molecule has 124 valence electrons. The van der Waals surface area contributed by atoms with E-state index < -0.39 is 34.5 Å². The summed E-state index contributed by atoms with van der Waals surface area (Å²) < 4.78 is 30.0. The van der Waals surface area contributed by atoms with Crippen LogP contribution in [0.25, 0.3) is 0 Å². The molecule has 0 aromatic carbocycles. The Kier molecular flexibility index (Phi) is 9.14. The van der Waals surface area contributed by atoms with Gasteiger partial charge in [-0.05, 0) is 12.3 Å². The molecule has 0 saturated carbocycles. The summed E-state index contributed by atoms with van der Waals surface area (Å²) in [5, 5.41) is 11.3. The first-order valence-corrected chi connectivity index (χ1v) is 8.37. The third-order valence-corrected chi connectivity index (χ3v) is 4.42. The second kappa shape index (κ2) is 9.69. The second-order valence-electron chi connectivity index (χ2n) is 4.76. The Labute approximate surface area is 125 Å². The highest BCUT2D eigenvalue weighted by molar-refractivity contribution is 7.89. The first kappa shape index (κ1) is 19.8. The Morgan fingerprint density at radius 1 is 1.33 bits per heavy atom. The lowest BCUT2D eigenvalue weighted by Crippen LogP contribution is -2.48. The van der Waals surface area contributed by atoms with E-state index in [2.05, 4.69) is 10.0 Å². The van der Waals surface area contributed by atoms with Crippen LogP contribution in [-0.4, -0.2) is 57.5 Å². The molecule has 0 aromatic rings. The van der Waals surface area contributed by atoms with Gasteiger partial charge in [0.2, 0.25) is 15.9 Å². The minimum atomic E-state index is -3.57. The number of sulfonamides is 1. The minimum absolute atomic E-state index is 0.151. The fourth-order valence-corrected chi connectivity index (χ4v) is 2.54. The topological polar surface area (TPSA) is 122 Å². The average molecular weight is 324 g/mol. The number of hydrogen-bond donors (Lipinski definition) is 3. The van der Waals surface area contributed by atoms with Crippen molar-refractivity contribution < 1.29 is 27.9 Å². The summed E-state index contributed by atoms with van der Waals surface area (Å²) in [6, 6.07) is -1.03. The van der Waals surface area contributed by atoms with E-state index in [1.165, 1.54) is 7.11 Å². The van der Waals surface area contributed by atoms with Gasteiger partial charge in [0.1, 0.15) is 6.04 Å². The number of aliphatic carboxylic acids is 1. The molecule has 0 fully saturated rings. The molecule has 0 spiro atoms. The largest absolute Gasteiger partial charge is 0.480 e. The molecule has 0 aliphatic heterocycles. The smallest absolute Gasteiger partial charge is 0.326 e. The van der Waals surface area contributed by atoms with Gasteiger partial charge in [0.25, 0.3) is 0 Å². The van der Waals surface area contributed by atoms with Gasteiger partial charge in [-0.25, -0.2) is 17.9 Å². The van der Waals surface area contributed by atoms with Gasteiger partial charge in [-0.3, -0.25) is 4.79 Å². The van der Waals surface area contributed by atoms with Gasteiger partial charge in [0.15, 0.2) is 0 Å². The standard InChI is InChI=1S/C12H24N2O6S/c1-4-9(2)11(12(16)17)14-10(15)8-13-21(18,19)7-5-6-20-3/h9,11,13H,4-8H2,1-3H3,(H,14,15)(H,16,17). The normalized spacial score (nSPS) is 14.4. The van der Waals surface area contributed by atoms with Crippen LogP contribution in [0.15, 0.2) is 0 Å². The number of hydrogen-bond acceptors (Lipinski definition) is 5. The molecule has 2 unspecified atom stereocenters. The number of carboxylic acid groups (broad SMARTS) is 1. The van der Waals surface area contributed by atoms with Crippen LogP contribution < -0.4 is 10.0 Å². The molecule has 9 heteroatoms. The van der Waals surface area contributed by atoms with E-state index in [0.29, 0.717) is 19.4 Å². The van der Waals surface area contributed by atoms with Crippen molar-refractivity contribution in [3.05, 3.63) is 0 Å². The van der Waals surface area contributed by atoms with Crippen LogP contribution in [0.5, 0.6) is 0 Å². The molecular weight excluding hydrogens is 300 g/mol. The van der Waals surface area contributed by atoms with Crippen molar-refractivity contribution in [3.63, 3.8) is 0 Å². The van der Waals surface area contributed by atoms with E-state index in [9.17, 15) is 18.0 Å². The molecule has 21 heavy (non-hydrogen) atoms. The zero-order valence-electron chi connectivity index (χ0n) is 12.6. The van der Waals surface area contributed by atoms with Crippen LogP contribution in [0.4, 0.5) is 0 Å². The summed E-state index contributed by atoms with van der Waals surface area (Å²) in [6.45, 7) is 3.34. The maximum Gasteiger partial charge on any atom is 0.326 e. The van der Waals surface area contributed by atoms with Crippen molar-refractivity contribution in [3.8, 4) is 0 Å². The van der Waals surface area contributed by atoms with Crippen molar-refractivity contribution in [2.75, 3.05) is 26.0 Å². The maximum atomic E-state index is 11.6. The monoisotopic (exact) mass is 324 g/mol. The maximum absolute atomic E-state index is 11.6. The van der Waals surface area contributed by atoms with Crippen molar-refractivity contribution >= 4 is 21.9 Å². The molecule has 1 amide bonds. The molecule has 0 bridgehead atoms. The Hall–Kier alpha value is -1.19. The summed E-state index contributed by atoms with van der Waals surface area (Å²) in [5.74, 6) is -2.20. The lowest BCUT2D eigenvalue weighted by molar-refractivity contribution is -0.143.